The molecule has 1 aromatic carbocycles. The van der Waals surface area contributed by atoms with Crippen molar-refractivity contribution in [3.63, 3.8) is 0 Å². The minimum atomic E-state index is -1.91. The van der Waals surface area contributed by atoms with E-state index >= 15 is 0 Å². The number of methoxy groups -OCH3 is 1. The van der Waals surface area contributed by atoms with Gasteiger partial charge in [0.15, 0.2) is 0 Å². The molecular formula is C24H36OSn. The van der Waals surface area contributed by atoms with Crippen LogP contribution in [0, 0.1) is 35.5 Å². The first-order valence-electron chi connectivity index (χ1n) is 11.1. The molecule has 0 aromatic heterocycles. The van der Waals surface area contributed by atoms with Crippen molar-refractivity contribution < 1.29 is 4.74 Å². The molecule has 0 radical (unpaired) electrons. The van der Waals surface area contributed by atoms with Crippen molar-refractivity contribution in [3.8, 4) is 5.75 Å². The van der Waals surface area contributed by atoms with Crippen LogP contribution in [-0.4, -0.2) is 25.5 Å². The van der Waals surface area contributed by atoms with Crippen LogP contribution in [0.3, 0.4) is 0 Å². The fourth-order valence-electron chi connectivity index (χ4n) is 8.38. The van der Waals surface area contributed by atoms with Crippen molar-refractivity contribution in [2.45, 2.75) is 63.2 Å². The second kappa shape index (κ2) is 6.42. The van der Waals surface area contributed by atoms with Gasteiger partial charge >= 0.3 is 165 Å². The van der Waals surface area contributed by atoms with Crippen LogP contribution in [0.5, 0.6) is 5.75 Å². The van der Waals surface area contributed by atoms with E-state index in [2.05, 4.69) is 39.1 Å². The van der Waals surface area contributed by atoms with Crippen LogP contribution < -0.4 is 4.74 Å². The molecule has 0 unspecified atom stereocenters. The Balaban J connectivity index is 1.51. The van der Waals surface area contributed by atoms with Crippen molar-refractivity contribution in [1.29, 1.82) is 0 Å². The maximum atomic E-state index is 5.43. The summed E-state index contributed by atoms with van der Waals surface area (Å²) in [6.07, 6.45) is 9.25. The van der Waals surface area contributed by atoms with Gasteiger partial charge in [-0.3, -0.25) is 0 Å². The standard InChI is InChI=1S/C21H27O.3CH3.Sn/c1-22-18-8-6-14(7-9-18)20-16-4-5-17(12-16)21(20)19-11-13-2-3-15(19)10-13;;;;/h6-9,11,13,15-17,19-21H,2-5,10,12H2,1H3;3*1H3;/t13-,15+,16-,17+,19+,20+,21+;;;;/m0..../s1. The molecule has 1 aromatic rings. The van der Waals surface area contributed by atoms with E-state index in [0.717, 1.165) is 51.1 Å². The van der Waals surface area contributed by atoms with E-state index in [1.807, 2.05) is 0 Å². The Labute approximate surface area is 164 Å². The SMILES string of the molecule is COc1ccc([C@@H]2[C@H]3CC[C@H](C3)[C@@H]2[C@H]2[C@@H]3CC[C@@H](C3)[C@H]2[Sn]([CH3])([CH3])[CH3])cc1. The first kappa shape index (κ1) is 17.9. The molecule has 4 aliphatic carbocycles. The zero-order valence-electron chi connectivity index (χ0n) is 17.1. The van der Waals surface area contributed by atoms with E-state index in [9.17, 15) is 0 Å². The van der Waals surface area contributed by atoms with Crippen molar-refractivity contribution in [2.24, 2.45) is 35.5 Å². The third-order valence-electron chi connectivity index (χ3n) is 8.91. The topological polar surface area (TPSA) is 9.23 Å². The number of benzene rings is 1. The van der Waals surface area contributed by atoms with Gasteiger partial charge in [0.05, 0.1) is 0 Å². The Morgan fingerprint density at radius 1 is 0.769 bits per heavy atom. The van der Waals surface area contributed by atoms with E-state index in [-0.39, 0.29) is 0 Å². The third kappa shape index (κ3) is 2.70. The number of fused-ring (bicyclic) bond motifs is 4. The number of hydrogen-bond donors (Lipinski definition) is 0. The molecule has 4 aliphatic rings. The second-order valence-electron chi connectivity index (χ2n) is 11.0. The molecule has 0 spiro atoms. The van der Waals surface area contributed by atoms with Gasteiger partial charge < -0.3 is 0 Å². The van der Waals surface area contributed by atoms with Gasteiger partial charge in [0.1, 0.15) is 0 Å². The zero-order chi connectivity index (χ0) is 18.1. The molecule has 0 heterocycles. The summed E-state index contributed by atoms with van der Waals surface area (Å²) in [5.74, 6) is 8.12. The van der Waals surface area contributed by atoms with Gasteiger partial charge in [-0.05, 0) is 0 Å². The summed E-state index contributed by atoms with van der Waals surface area (Å²) in [6.45, 7) is 0. The van der Waals surface area contributed by atoms with E-state index < -0.39 is 18.4 Å². The molecular weight excluding hydrogens is 423 g/mol. The van der Waals surface area contributed by atoms with Crippen LogP contribution in [0.1, 0.15) is 50.0 Å². The molecule has 4 bridgehead atoms. The van der Waals surface area contributed by atoms with Crippen LogP contribution in [0.25, 0.3) is 0 Å². The number of rotatable bonds is 4. The van der Waals surface area contributed by atoms with Crippen molar-refractivity contribution in [3.05, 3.63) is 29.8 Å². The Kier molecular flexibility index (Phi) is 4.42. The van der Waals surface area contributed by atoms with Gasteiger partial charge in [0.25, 0.3) is 0 Å². The van der Waals surface area contributed by atoms with Crippen LogP contribution in [0.2, 0.25) is 18.8 Å². The Morgan fingerprint density at radius 3 is 2.00 bits per heavy atom. The van der Waals surface area contributed by atoms with Crippen LogP contribution in [-0.2, 0) is 0 Å². The van der Waals surface area contributed by atoms with Gasteiger partial charge in [-0.2, -0.15) is 0 Å². The minimum absolute atomic E-state index is 0.847. The molecule has 0 amide bonds. The summed E-state index contributed by atoms with van der Waals surface area (Å²) in [7, 11) is 1.78. The van der Waals surface area contributed by atoms with Crippen molar-refractivity contribution >= 4 is 18.4 Å². The molecule has 4 saturated carbocycles. The first-order valence-corrected chi connectivity index (χ1v) is 21.3. The average Bonchev–Trinajstić information content (AvgIpc) is 3.39. The molecule has 0 saturated heterocycles. The Morgan fingerprint density at radius 2 is 1.35 bits per heavy atom. The number of hydrogen-bond acceptors (Lipinski definition) is 1. The Bertz CT molecular complexity index is 660. The summed E-state index contributed by atoms with van der Waals surface area (Å²) in [5.41, 5.74) is 1.63. The van der Waals surface area contributed by atoms with Crippen molar-refractivity contribution in [2.75, 3.05) is 7.11 Å². The quantitative estimate of drug-likeness (QED) is 0.463. The fraction of sp³-hybridized carbons (Fsp3) is 0.750. The van der Waals surface area contributed by atoms with Crippen LogP contribution in [0.4, 0.5) is 0 Å². The molecule has 26 heavy (non-hydrogen) atoms. The van der Waals surface area contributed by atoms with E-state index in [4.69, 9.17) is 4.74 Å². The van der Waals surface area contributed by atoms with E-state index in [0.29, 0.717) is 0 Å². The van der Waals surface area contributed by atoms with Gasteiger partial charge in [0, 0.05) is 0 Å². The average molecular weight is 459 g/mol. The molecule has 2 heteroatoms. The molecule has 142 valence electrons. The van der Waals surface area contributed by atoms with Gasteiger partial charge in [-0.15, -0.1) is 0 Å². The molecule has 4 fully saturated rings. The van der Waals surface area contributed by atoms with E-state index in [1.54, 1.807) is 31.9 Å². The first-order chi connectivity index (χ1) is 12.5. The third-order valence-corrected chi connectivity index (χ3v) is 17.1. The van der Waals surface area contributed by atoms with Crippen molar-refractivity contribution in [1.82, 2.24) is 0 Å². The predicted octanol–water partition coefficient (Wildman–Crippen LogP) is 6.58. The molecule has 1 nitrogen and oxygen atoms in total. The summed E-state index contributed by atoms with van der Waals surface area (Å²) in [5, 5.41) is 0. The van der Waals surface area contributed by atoms with Gasteiger partial charge in [-0.1, -0.05) is 0 Å². The van der Waals surface area contributed by atoms with Gasteiger partial charge in [0.2, 0.25) is 0 Å². The summed E-state index contributed by atoms with van der Waals surface area (Å²) in [6, 6.07) is 9.22. The van der Waals surface area contributed by atoms with Crippen LogP contribution in [0.15, 0.2) is 24.3 Å². The van der Waals surface area contributed by atoms with Crippen LogP contribution >= 0.6 is 0 Å². The van der Waals surface area contributed by atoms with E-state index in [1.165, 1.54) is 19.3 Å². The molecule has 0 aliphatic heterocycles. The predicted molar refractivity (Wildman–Crippen MR) is 111 cm³/mol. The maximum absolute atomic E-state index is 5.43. The molecule has 8 atom stereocenters. The second-order valence-corrected chi connectivity index (χ2v) is 26.4. The fourth-order valence-corrected chi connectivity index (χ4v) is 18.0. The summed E-state index contributed by atoms with van der Waals surface area (Å²) < 4.78 is 6.59. The summed E-state index contributed by atoms with van der Waals surface area (Å²) >= 11 is -1.91. The van der Waals surface area contributed by atoms with Gasteiger partial charge in [-0.25, -0.2) is 0 Å². The number of ether oxygens (including phenoxy) is 1. The normalized spacial score (nSPS) is 44.0. The zero-order valence-corrected chi connectivity index (χ0v) is 19.9. The monoisotopic (exact) mass is 460 g/mol. The molecule has 0 N–H and O–H groups in total. The Hall–Kier alpha value is -0.181. The summed E-state index contributed by atoms with van der Waals surface area (Å²) in [4.78, 5) is 8.22. The molecule has 5 rings (SSSR count).